The van der Waals surface area contributed by atoms with E-state index in [9.17, 15) is 4.39 Å². The molecule has 0 bridgehead atoms. The Labute approximate surface area is 140 Å². The van der Waals surface area contributed by atoms with Gasteiger partial charge in [0, 0.05) is 25.1 Å². The van der Waals surface area contributed by atoms with E-state index in [1.807, 2.05) is 4.90 Å². The van der Waals surface area contributed by atoms with Gasteiger partial charge < -0.3 is 9.64 Å². The van der Waals surface area contributed by atoms with E-state index in [1.54, 1.807) is 6.07 Å². The van der Waals surface area contributed by atoms with Gasteiger partial charge in [0.15, 0.2) is 5.82 Å². The lowest BCUT2D eigenvalue weighted by molar-refractivity contribution is 0.152. The summed E-state index contributed by atoms with van der Waals surface area (Å²) in [5.41, 5.74) is 0.294. The Morgan fingerprint density at radius 3 is 2.95 bits per heavy atom. The third-order valence-electron chi connectivity index (χ3n) is 3.45. The summed E-state index contributed by atoms with van der Waals surface area (Å²) in [6.07, 6.45) is 0.845. The molecule has 1 saturated heterocycles. The maximum atomic E-state index is 14.5. The lowest BCUT2D eigenvalue weighted by Gasteiger charge is -2.22. The van der Waals surface area contributed by atoms with Crippen LogP contribution in [-0.2, 0) is 4.74 Å². The van der Waals surface area contributed by atoms with E-state index in [0.717, 1.165) is 13.0 Å². The molecule has 0 atom stereocenters. The zero-order valence-corrected chi connectivity index (χ0v) is 13.8. The van der Waals surface area contributed by atoms with Crippen molar-refractivity contribution < 1.29 is 9.13 Å². The van der Waals surface area contributed by atoms with Gasteiger partial charge in [0.05, 0.1) is 17.7 Å². The number of rotatable bonds is 1. The average molecular weight is 386 g/mol. The van der Waals surface area contributed by atoms with Crippen LogP contribution in [0.25, 0.3) is 15.7 Å². The molecule has 2 heterocycles. The Kier molecular flexibility index (Phi) is 4.43. The number of fused-ring (bicyclic) bond motifs is 1. The highest BCUT2D eigenvalue weighted by atomic mass is 79.9. The van der Waals surface area contributed by atoms with E-state index in [4.69, 9.17) is 22.9 Å². The standard InChI is InChI=1S/C14H11BrClFN4O/c1-18-9-7-8-12(11(17)10(9)15)19-14(16)20-13(8)21-3-2-5-22-6-4-21/h7H,2-6H2. The highest BCUT2D eigenvalue weighted by Crippen LogP contribution is 2.37. The first-order chi connectivity index (χ1) is 10.6. The van der Waals surface area contributed by atoms with Gasteiger partial charge in [-0.05, 0) is 24.1 Å². The second kappa shape index (κ2) is 6.32. The fourth-order valence-corrected chi connectivity index (χ4v) is 2.98. The molecule has 5 nitrogen and oxygen atoms in total. The Morgan fingerprint density at radius 2 is 2.18 bits per heavy atom. The maximum absolute atomic E-state index is 14.5. The predicted octanol–water partition coefficient (Wildman–Crippen LogP) is 3.96. The largest absolute Gasteiger partial charge is 0.380 e. The summed E-state index contributed by atoms with van der Waals surface area (Å²) < 4.78 is 20.0. The van der Waals surface area contributed by atoms with Crippen molar-refractivity contribution >= 4 is 49.9 Å². The van der Waals surface area contributed by atoms with Gasteiger partial charge in [-0.25, -0.2) is 14.2 Å². The first-order valence-electron chi connectivity index (χ1n) is 6.67. The van der Waals surface area contributed by atoms with Gasteiger partial charge in [0.25, 0.3) is 0 Å². The van der Waals surface area contributed by atoms with E-state index in [1.165, 1.54) is 0 Å². The molecule has 3 rings (SSSR count). The van der Waals surface area contributed by atoms with Crippen LogP contribution in [0, 0.1) is 12.4 Å². The minimum absolute atomic E-state index is 0.0194. The Bertz CT molecular complexity index is 772. The molecule has 1 aromatic carbocycles. The van der Waals surface area contributed by atoms with Gasteiger partial charge in [0.1, 0.15) is 11.3 Å². The number of benzene rings is 1. The molecule has 22 heavy (non-hydrogen) atoms. The van der Waals surface area contributed by atoms with Crippen LogP contribution in [0.2, 0.25) is 5.28 Å². The van der Waals surface area contributed by atoms with Crippen LogP contribution in [0.3, 0.4) is 0 Å². The number of anilines is 1. The first-order valence-corrected chi connectivity index (χ1v) is 7.84. The molecule has 1 aliphatic heterocycles. The molecule has 8 heteroatoms. The van der Waals surface area contributed by atoms with Crippen LogP contribution in [0.15, 0.2) is 10.5 Å². The van der Waals surface area contributed by atoms with Crippen LogP contribution in [-0.4, -0.2) is 36.3 Å². The van der Waals surface area contributed by atoms with Crippen molar-refractivity contribution in [2.45, 2.75) is 6.42 Å². The van der Waals surface area contributed by atoms with Gasteiger partial charge in [-0.15, -0.1) is 0 Å². The lowest BCUT2D eigenvalue weighted by atomic mass is 10.2. The number of hydrogen-bond acceptors (Lipinski definition) is 4. The van der Waals surface area contributed by atoms with Crippen LogP contribution >= 0.6 is 27.5 Å². The summed E-state index contributed by atoms with van der Waals surface area (Å²) in [5.74, 6) is -0.0584. The molecular formula is C14H11BrClFN4O. The Morgan fingerprint density at radius 1 is 1.36 bits per heavy atom. The second-order valence-corrected chi connectivity index (χ2v) is 5.93. The molecule has 0 unspecified atom stereocenters. The molecule has 1 fully saturated rings. The molecule has 2 aromatic rings. The first kappa shape index (κ1) is 15.4. The van der Waals surface area contributed by atoms with Crippen molar-refractivity contribution in [1.82, 2.24) is 9.97 Å². The molecule has 0 amide bonds. The van der Waals surface area contributed by atoms with Crippen LogP contribution in [0.5, 0.6) is 0 Å². The van der Waals surface area contributed by atoms with Gasteiger partial charge in [-0.3, -0.25) is 0 Å². The lowest BCUT2D eigenvalue weighted by Crippen LogP contribution is -2.27. The molecule has 0 radical (unpaired) electrons. The molecule has 0 N–H and O–H groups in total. The molecule has 1 aliphatic rings. The smallest absolute Gasteiger partial charge is 0.225 e. The van der Waals surface area contributed by atoms with Gasteiger partial charge >= 0.3 is 0 Å². The number of hydrogen-bond donors (Lipinski definition) is 0. The monoisotopic (exact) mass is 384 g/mol. The van der Waals surface area contributed by atoms with Crippen molar-refractivity contribution in [2.75, 3.05) is 31.2 Å². The molecule has 0 aliphatic carbocycles. The predicted molar refractivity (Wildman–Crippen MR) is 86.1 cm³/mol. The highest BCUT2D eigenvalue weighted by Gasteiger charge is 2.21. The number of nitrogens with zero attached hydrogens (tertiary/aromatic N) is 4. The summed E-state index contributed by atoms with van der Waals surface area (Å²) >= 11 is 9.05. The number of ether oxygens (including phenoxy) is 1. The minimum atomic E-state index is -0.597. The molecule has 114 valence electrons. The SMILES string of the molecule is [C-]#[N+]c1cc2c(N3CCCOCC3)nc(Cl)nc2c(F)c1Br. The normalized spacial score (nSPS) is 15.6. The van der Waals surface area contributed by atoms with Crippen LogP contribution in [0.4, 0.5) is 15.9 Å². The number of halogens is 3. The fourth-order valence-electron chi connectivity index (χ4n) is 2.43. The number of aromatic nitrogens is 2. The minimum Gasteiger partial charge on any atom is -0.380 e. The third kappa shape index (κ3) is 2.74. The van der Waals surface area contributed by atoms with Crippen molar-refractivity contribution in [2.24, 2.45) is 0 Å². The molecular weight excluding hydrogens is 375 g/mol. The van der Waals surface area contributed by atoms with Gasteiger partial charge in [-0.2, -0.15) is 4.98 Å². The van der Waals surface area contributed by atoms with E-state index in [2.05, 4.69) is 30.7 Å². The summed E-state index contributed by atoms with van der Waals surface area (Å²) in [5, 5.41) is 0.465. The van der Waals surface area contributed by atoms with Crippen molar-refractivity contribution in [3.8, 4) is 0 Å². The zero-order chi connectivity index (χ0) is 15.7. The van der Waals surface area contributed by atoms with Crippen molar-refractivity contribution in [1.29, 1.82) is 0 Å². The third-order valence-corrected chi connectivity index (χ3v) is 4.37. The van der Waals surface area contributed by atoms with E-state index >= 15 is 0 Å². The van der Waals surface area contributed by atoms with Gasteiger partial charge in [-0.1, -0.05) is 15.9 Å². The van der Waals surface area contributed by atoms with Gasteiger partial charge in [0.2, 0.25) is 11.0 Å². The van der Waals surface area contributed by atoms with E-state index < -0.39 is 5.82 Å². The van der Waals surface area contributed by atoms with Crippen LogP contribution in [0.1, 0.15) is 6.42 Å². The Hall–Kier alpha value is -1.49. The topological polar surface area (TPSA) is 42.6 Å². The fraction of sp³-hybridized carbons (Fsp3) is 0.357. The van der Waals surface area contributed by atoms with Crippen molar-refractivity contribution in [3.63, 3.8) is 0 Å². The highest BCUT2D eigenvalue weighted by molar-refractivity contribution is 9.10. The quantitative estimate of drug-likeness (QED) is 0.550. The zero-order valence-electron chi connectivity index (χ0n) is 11.4. The van der Waals surface area contributed by atoms with Crippen molar-refractivity contribution in [3.05, 3.63) is 33.1 Å². The molecule has 0 saturated carbocycles. The molecule has 1 aromatic heterocycles. The summed E-state index contributed by atoms with van der Waals surface area (Å²) in [7, 11) is 0. The summed E-state index contributed by atoms with van der Waals surface area (Å²) in [6.45, 7) is 9.79. The Balaban J connectivity index is 2.25. The average Bonchev–Trinajstić information content (AvgIpc) is 2.79. The molecule has 0 spiro atoms. The van der Waals surface area contributed by atoms with E-state index in [0.29, 0.717) is 31.0 Å². The summed E-state index contributed by atoms with van der Waals surface area (Å²) in [6, 6.07) is 1.59. The second-order valence-electron chi connectivity index (χ2n) is 4.80. The van der Waals surface area contributed by atoms with Crippen LogP contribution < -0.4 is 4.90 Å². The summed E-state index contributed by atoms with van der Waals surface area (Å²) in [4.78, 5) is 13.6. The van der Waals surface area contributed by atoms with E-state index in [-0.39, 0.29) is 21.0 Å². The maximum Gasteiger partial charge on any atom is 0.225 e.